The van der Waals surface area contributed by atoms with Crippen LogP contribution in [0.5, 0.6) is 0 Å². The number of rotatable bonds is 10. The van der Waals surface area contributed by atoms with Crippen molar-refractivity contribution < 1.29 is 66.5 Å². The third-order valence-electron chi connectivity index (χ3n) is 1.67. The van der Waals surface area contributed by atoms with Gasteiger partial charge in [-0.05, 0) is 0 Å². The fourth-order valence-electron chi connectivity index (χ4n) is 0.848. The molecule has 14 nitrogen and oxygen atoms in total. The largest absolute Gasteiger partial charge is 0.490 e. The molecule has 0 aliphatic heterocycles. The van der Waals surface area contributed by atoms with Gasteiger partial charge in [-0.2, -0.15) is 8.62 Å². The van der Waals surface area contributed by atoms with Crippen LogP contribution in [0.1, 0.15) is 0 Å². The van der Waals surface area contributed by atoms with E-state index in [1.54, 1.807) is 0 Å². The molecule has 0 aliphatic carbocycles. The average molecular weight is 390 g/mol. The summed E-state index contributed by atoms with van der Waals surface area (Å²) in [5.74, 6) is -1.40. The molecule has 0 rings (SSSR count). The van der Waals surface area contributed by atoms with Crippen molar-refractivity contribution in [3.63, 3.8) is 0 Å². The van der Waals surface area contributed by atoms with Gasteiger partial charge >= 0.3 is 23.5 Å². The Bertz CT molecular complexity index is 523. The van der Waals surface area contributed by atoms with E-state index in [1.807, 2.05) is 0 Å². The van der Waals surface area contributed by atoms with E-state index in [-0.39, 0.29) is 0 Å². The minimum atomic E-state index is -5.71. The first-order valence-corrected chi connectivity index (χ1v) is 9.49. The van der Waals surface area contributed by atoms with E-state index in [2.05, 4.69) is 13.1 Å². The number of aliphatic hydroxyl groups excluding tert-OH is 3. The van der Waals surface area contributed by atoms with E-state index in [4.69, 9.17) is 34.9 Å². The first-order valence-electron chi connectivity index (χ1n) is 4.97. The van der Waals surface area contributed by atoms with Crippen LogP contribution >= 0.6 is 23.5 Å². The topological polar surface area (TPSA) is 238 Å². The van der Waals surface area contributed by atoms with Gasteiger partial charge in [0.25, 0.3) is 0 Å². The summed E-state index contributed by atoms with van der Waals surface area (Å²) in [6.07, 6.45) is -4.09. The Morgan fingerprint density at radius 1 is 0.955 bits per heavy atom. The summed E-state index contributed by atoms with van der Waals surface area (Å²) in [5.41, 5.74) is 0. The zero-order valence-corrected chi connectivity index (χ0v) is 13.1. The summed E-state index contributed by atoms with van der Waals surface area (Å²) in [4.78, 5) is 45.4. The average Bonchev–Trinajstić information content (AvgIpc) is 2.29. The highest BCUT2D eigenvalue weighted by atomic mass is 31.3. The van der Waals surface area contributed by atoms with Gasteiger partial charge in [0.1, 0.15) is 18.8 Å². The highest BCUT2D eigenvalue weighted by Crippen LogP contribution is 2.66. The van der Waals surface area contributed by atoms with Crippen molar-refractivity contribution >= 4 is 29.3 Å². The molecule has 0 heterocycles. The molecule has 0 radical (unpaired) electrons. The summed E-state index contributed by atoms with van der Waals surface area (Å²) in [6.45, 7) is -2.41. The number of phosphoric ester groups is 1. The normalized spacial score (nSPS) is 20.7. The van der Waals surface area contributed by atoms with Crippen molar-refractivity contribution in [2.24, 2.45) is 0 Å². The van der Waals surface area contributed by atoms with E-state index in [0.717, 1.165) is 0 Å². The van der Waals surface area contributed by atoms with Crippen molar-refractivity contribution in [3.8, 4) is 0 Å². The Kier molecular flexibility index (Phi) is 8.16. The van der Waals surface area contributed by atoms with Crippen LogP contribution in [0.2, 0.25) is 0 Å². The number of aliphatic hydroxyl groups is 3. The number of hydrogen-bond acceptors (Lipinski definition) is 10. The van der Waals surface area contributed by atoms with Gasteiger partial charge in [0, 0.05) is 0 Å². The summed E-state index contributed by atoms with van der Waals surface area (Å²) >= 11 is 0. The second kappa shape index (κ2) is 8.18. The zero-order chi connectivity index (χ0) is 17.8. The van der Waals surface area contributed by atoms with Crippen LogP contribution in [-0.4, -0.2) is 66.1 Å². The van der Waals surface area contributed by atoms with Gasteiger partial charge < -0.3 is 34.9 Å². The Morgan fingerprint density at radius 2 is 1.45 bits per heavy atom. The molecule has 0 spiro atoms. The molecule has 4 atom stereocenters. The molecule has 17 heteroatoms. The summed E-state index contributed by atoms with van der Waals surface area (Å²) in [5, 5.41) is 26.4. The van der Waals surface area contributed by atoms with Crippen molar-refractivity contribution in [2.75, 3.05) is 13.2 Å². The predicted octanol–water partition coefficient (Wildman–Crippen LogP) is -2.39. The van der Waals surface area contributed by atoms with Crippen molar-refractivity contribution in [1.82, 2.24) is 0 Å². The Balaban J connectivity index is 4.66. The maximum Gasteiger partial charge on any atom is 0.490 e. The first-order chi connectivity index (χ1) is 9.69. The number of phosphoric acid groups is 3. The van der Waals surface area contributed by atoms with Gasteiger partial charge in [-0.25, -0.2) is 13.7 Å². The lowest BCUT2D eigenvalue weighted by Gasteiger charge is -2.17. The van der Waals surface area contributed by atoms with Gasteiger partial charge in [-0.3, -0.25) is 9.32 Å². The monoisotopic (exact) mass is 390 g/mol. The third-order valence-corrected chi connectivity index (χ3v) is 5.45. The second-order valence-corrected chi connectivity index (χ2v) is 7.95. The molecule has 0 saturated heterocycles. The zero-order valence-electron chi connectivity index (χ0n) is 10.4. The first kappa shape index (κ1) is 22.0. The molecule has 7 N–H and O–H groups in total. The minimum absolute atomic E-state index is 1.01. The Labute approximate surface area is 122 Å². The molecule has 0 amide bonds. The number of carbonyl (C=O) groups is 1. The number of ketones is 1. The van der Waals surface area contributed by atoms with E-state index in [9.17, 15) is 18.5 Å². The van der Waals surface area contributed by atoms with Crippen LogP contribution in [0.3, 0.4) is 0 Å². The van der Waals surface area contributed by atoms with Crippen LogP contribution in [0.25, 0.3) is 0 Å². The standard InChI is InChI=1S/C5H13O14P3/c6-1-3(7)5(9)4(8)2-17-21(13,14)19-22(15,16)18-20(10,11)12/h3,5-7,9H,1-2H2,(H,13,14)(H,15,16)(H2,10,11,12)/t3-,5-/m1/s1. The van der Waals surface area contributed by atoms with Crippen LogP contribution in [0.4, 0.5) is 0 Å². The van der Waals surface area contributed by atoms with Crippen LogP contribution < -0.4 is 0 Å². The van der Waals surface area contributed by atoms with E-state index >= 15 is 0 Å². The summed E-state index contributed by atoms with van der Waals surface area (Å²) in [6, 6.07) is 0. The number of carbonyl (C=O) groups excluding carboxylic acids is 1. The minimum Gasteiger partial charge on any atom is -0.394 e. The Morgan fingerprint density at radius 3 is 1.86 bits per heavy atom. The smallest absolute Gasteiger partial charge is 0.394 e. The lowest BCUT2D eigenvalue weighted by Crippen LogP contribution is -2.38. The molecule has 2 unspecified atom stereocenters. The van der Waals surface area contributed by atoms with Crippen molar-refractivity contribution in [2.45, 2.75) is 12.2 Å². The van der Waals surface area contributed by atoms with Crippen LogP contribution in [0, 0.1) is 0 Å². The molecule has 0 aliphatic rings. The highest BCUT2D eigenvalue weighted by Gasteiger charge is 2.41. The fraction of sp³-hybridized carbons (Fsp3) is 0.800. The summed E-state index contributed by atoms with van der Waals surface area (Å²) in [7, 11) is -16.7. The SMILES string of the molecule is O=C(COP(=O)(O)OP(=O)(O)OP(=O)(O)O)[C@H](O)[C@H](O)CO. The van der Waals surface area contributed by atoms with Crippen LogP contribution in [0.15, 0.2) is 0 Å². The lowest BCUT2D eigenvalue weighted by atomic mass is 10.1. The maximum absolute atomic E-state index is 11.2. The number of hydrogen-bond donors (Lipinski definition) is 7. The van der Waals surface area contributed by atoms with Gasteiger partial charge in [0.15, 0.2) is 5.78 Å². The third kappa shape index (κ3) is 9.18. The molecule has 0 fully saturated rings. The molecule has 0 saturated carbocycles. The number of Topliss-reactive ketones (excluding diaryl/α,β-unsaturated/α-hetero) is 1. The van der Waals surface area contributed by atoms with Crippen LogP contribution in [-0.2, 0) is 31.6 Å². The molecule has 0 aromatic carbocycles. The summed E-state index contributed by atoms with van der Waals surface area (Å²) < 4.78 is 43.0. The fourth-order valence-corrected chi connectivity index (χ4v) is 3.83. The molecule has 22 heavy (non-hydrogen) atoms. The second-order valence-electron chi connectivity index (χ2n) is 3.53. The lowest BCUT2D eigenvalue weighted by molar-refractivity contribution is -0.137. The van der Waals surface area contributed by atoms with Crippen molar-refractivity contribution in [3.05, 3.63) is 0 Å². The van der Waals surface area contributed by atoms with E-state index in [1.165, 1.54) is 0 Å². The Hall–Kier alpha value is -0.0400. The quantitative estimate of drug-likeness (QED) is 0.193. The van der Waals surface area contributed by atoms with E-state index in [0.29, 0.717) is 0 Å². The van der Waals surface area contributed by atoms with Gasteiger partial charge in [0.05, 0.1) is 6.61 Å². The highest BCUT2D eigenvalue weighted by molar-refractivity contribution is 7.66. The predicted molar refractivity (Wildman–Crippen MR) is 63.9 cm³/mol. The molecule has 132 valence electrons. The molecular formula is C5H13O14P3. The molecular weight excluding hydrogens is 377 g/mol. The van der Waals surface area contributed by atoms with Gasteiger partial charge in [0.2, 0.25) is 0 Å². The van der Waals surface area contributed by atoms with E-state index < -0.39 is 54.7 Å². The van der Waals surface area contributed by atoms with Gasteiger partial charge in [-0.1, -0.05) is 0 Å². The molecule has 0 aromatic rings. The molecule has 0 aromatic heterocycles. The maximum atomic E-state index is 11.2. The van der Waals surface area contributed by atoms with Crippen molar-refractivity contribution in [1.29, 1.82) is 0 Å². The molecule has 0 bridgehead atoms. The van der Waals surface area contributed by atoms with Gasteiger partial charge in [-0.15, -0.1) is 0 Å².